The fourth-order valence-corrected chi connectivity index (χ4v) is 3.38. The number of phenolic OH excluding ortho intramolecular Hbond substituents is 1. The standard InChI is InChI=1S/C21H21N5O3/c1-29-21(28)15-6-7-22-20(12-15)26-10-8-25(9-11-26)16-13-18(24-23-14-16)17-4-2-3-5-19(17)27/h2-7,12-14,27H,8-11H2,1H3. The maximum Gasteiger partial charge on any atom is 0.338 e. The molecule has 0 bridgehead atoms. The van der Waals surface area contributed by atoms with Crippen LogP contribution in [0.5, 0.6) is 5.75 Å². The van der Waals surface area contributed by atoms with Gasteiger partial charge in [-0.05, 0) is 30.3 Å². The third-order valence-electron chi connectivity index (χ3n) is 4.96. The predicted molar refractivity (Wildman–Crippen MR) is 109 cm³/mol. The Morgan fingerprint density at radius 3 is 2.59 bits per heavy atom. The first-order chi connectivity index (χ1) is 14.2. The average Bonchev–Trinajstić information content (AvgIpc) is 2.79. The van der Waals surface area contributed by atoms with E-state index in [9.17, 15) is 9.90 Å². The highest BCUT2D eigenvalue weighted by Crippen LogP contribution is 2.29. The van der Waals surface area contributed by atoms with Crippen molar-refractivity contribution in [2.75, 3.05) is 43.1 Å². The zero-order chi connectivity index (χ0) is 20.2. The number of benzene rings is 1. The molecule has 3 heterocycles. The average molecular weight is 391 g/mol. The summed E-state index contributed by atoms with van der Waals surface area (Å²) in [4.78, 5) is 20.5. The van der Waals surface area contributed by atoms with Crippen molar-refractivity contribution in [2.45, 2.75) is 0 Å². The van der Waals surface area contributed by atoms with E-state index in [1.165, 1.54) is 7.11 Å². The number of nitrogens with zero attached hydrogens (tertiary/aromatic N) is 5. The van der Waals surface area contributed by atoms with E-state index in [-0.39, 0.29) is 11.7 Å². The number of carbonyl (C=O) groups is 1. The number of phenols is 1. The third-order valence-corrected chi connectivity index (χ3v) is 4.96. The number of piperazine rings is 1. The highest BCUT2D eigenvalue weighted by Gasteiger charge is 2.20. The first-order valence-electron chi connectivity index (χ1n) is 9.31. The Morgan fingerprint density at radius 1 is 1.07 bits per heavy atom. The zero-order valence-corrected chi connectivity index (χ0v) is 16.0. The van der Waals surface area contributed by atoms with Gasteiger partial charge in [0.15, 0.2) is 0 Å². The maximum absolute atomic E-state index is 11.8. The Morgan fingerprint density at radius 2 is 1.83 bits per heavy atom. The lowest BCUT2D eigenvalue weighted by Crippen LogP contribution is -2.47. The minimum Gasteiger partial charge on any atom is -0.507 e. The van der Waals surface area contributed by atoms with Gasteiger partial charge < -0.3 is 19.6 Å². The molecule has 0 spiro atoms. The van der Waals surface area contributed by atoms with E-state index < -0.39 is 0 Å². The van der Waals surface area contributed by atoms with Crippen LogP contribution in [0.15, 0.2) is 54.9 Å². The van der Waals surface area contributed by atoms with Crippen LogP contribution in [0.2, 0.25) is 0 Å². The van der Waals surface area contributed by atoms with Gasteiger partial charge in [-0.2, -0.15) is 10.2 Å². The molecular weight excluding hydrogens is 370 g/mol. The van der Waals surface area contributed by atoms with Crippen LogP contribution in [0, 0.1) is 0 Å². The maximum atomic E-state index is 11.8. The van der Waals surface area contributed by atoms with Gasteiger partial charge in [0.25, 0.3) is 0 Å². The number of anilines is 2. The van der Waals surface area contributed by atoms with Crippen molar-refractivity contribution < 1.29 is 14.6 Å². The Kier molecular flexibility index (Phi) is 5.24. The molecule has 2 aromatic heterocycles. The van der Waals surface area contributed by atoms with Crippen molar-refractivity contribution in [1.82, 2.24) is 15.2 Å². The number of ether oxygens (including phenoxy) is 1. The molecule has 1 saturated heterocycles. The predicted octanol–water partition coefficient (Wildman–Crippen LogP) is 2.36. The van der Waals surface area contributed by atoms with E-state index in [4.69, 9.17) is 4.74 Å². The lowest BCUT2D eigenvalue weighted by molar-refractivity contribution is 0.0600. The largest absolute Gasteiger partial charge is 0.507 e. The Hall–Kier alpha value is -3.68. The van der Waals surface area contributed by atoms with E-state index in [2.05, 4.69) is 25.0 Å². The van der Waals surface area contributed by atoms with Crippen molar-refractivity contribution in [3.8, 4) is 17.0 Å². The number of pyridine rings is 1. The second-order valence-corrected chi connectivity index (χ2v) is 6.68. The molecule has 29 heavy (non-hydrogen) atoms. The van der Waals surface area contributed by atoms with Gasteiger partial charge in [0.05, 0.1) is 30.3 Å². The van der Waals surface area contributed by atoms with Gasteiger partial charge in [-0.3, -0.25) is 0 Å². The van der Waals surface area contributed by atoms with E-state index in [0.29, 0.717) is 16.8 Å². The topological polar surface area (TPSA) is 91.7 Å². The van der Waals surface area contributed by atoms with Gasteiger partial charge in [-0.15, -0.1) is 0 Å². The van der Waals surface area contributed by atoms with Gasteiger partial charge in [0.2, 0.25) is 0 Å². The van der Waals surface area contributed by atoms with Crippen LogP contribution in [0.4, 0.5) is 11.5 Å². The molecule has 3 aromatic rings. The summed E-state index contributed by atoms with van der Waals surface area (Å²) in [5, 5.41) is 18.4. The van der Waals surface area contributed by atoms with Gasteiger partial charge >= 0.3 is 5.97 Å². The van der Waals surface area contributed by atoms with Crippen molar-refractivity contribution in [2.24, 2.45) is 0 Å². The molecule has 1 fully saturated rings. The summed E-state index contributed by atoms with van der Waals surface area (Å²) < 4.78 is 4.79. The van der Waals surface area contributed by atoms with Crippen molar-refractivity contribution in [1.29, 1.82) is 0 Å². The fourth-order valence-electron chi connectivity index (χ4n) is 3.38. The van der Waals surface area contributed by atoms with Gasteiger partial charge in [0.1, 0.15) is 11.6 Å². The highest BCUT2D eigenvalue weighted by atomic mass is 16.5. The van der Waals surface area contributed by atoms with Crippen molar-refractivity contribution in [3.05, 3.63) is 60.4 Å². The molecule has 8 heteroatoms. The number of carbonyl (C=O) groups excluding carboxylic acids is 1. The summed E-state index contributed by atoms with van der Waals surface area (Å²) in [5.74, 6) is 0.572. The number of aromatic nitrogens is 3. The molecule has 0 aliphatic carbocycles. The van der Waals surface area contributed by atoms with Crippen molar-refractivity contribution >= 4 is 17.5 Å². The third kappa shape index (κ3) is 3.96. The quantitative estimate of drug-likeness (QED) is 0.678. The number of rotatable bonds is 4. The summed E-state index contributed by atoms with van der Waals surface area (Å²) in [7, 11) is 1.37. The molecule has 0 saturated carbocycles. The Labute approximate surface area is 168 Å². The summed E-state index contributed by atoms with van der Waals surface area (Å²) >= 11 is 0. The second-order valence-electron chi connectivity index (χ2n) is 6.68. The van der Waals surface area contributed by atoms with Gasteiger partial charge in [-0.25, -0.2) is 9.78 Å². The van der Waals surface area contributed by atoms with E-state index in [1.54, 1.807) is 36.7 Å². The zero-order valence-electron chi connectivity index (χ0n) is 16.0. The second kappa shape index (κ2) is 8.14. The molecule has 0 amide bonds. The molecule has 0 unspecified atom stereocenters. The molecule has 0 atom stereocenters. The van der Waals surface area contributed by atoms with Gasteiger partial charge in [0, 0.05) is 37.9 Å². The number of hydrogen-bond acceptors (Lipinski definition) is 8. The van der Waals surface area contributed by atoms with E-state index >= 15 is 0 Å². The van der Waals surface area contributed by atoms with Crippen LogP contribution in [0.3, 0.4) is 0 Å². The summed E-state index contributed by atoms with van der Waals surface area (Å²) in [6, 6.07) is 12.4. The molecule has 0 radical (unpaired) electrons. The van der Waals surface area contributed by atoms with E-state index in [0.717, 1.165) is 37.7 Å². The summed E-state index contributed by atoms with van der Waals surface area (Å²) in [5.41, 5.74) is 2.74. The van der Waals surface area contributed by atoms with Gasteiger partial charge in [-0.1, -0.05) is 12.1 Å². The normalized spacial score (nSPS) is 14.0. The van der Waals surface area contributed by atoms with Crippen LogP contribution in [0.1, 0.15) is 10.4 Å². The number of hydrogen-bond donors (Lipinski definition) is 1. The molecular formula is C21H21N5O3. The molecule has 1 N–H and O–H groups in total. The van der Waals surface area contributed by atoms with Crippen LogP contribution in [-0.2, 0) is 4.74 Å². The number of aromatic hydroxyl groups is 1. The lowest BCUT2D eigenvalue weighted by atomic mass is 10.1. The minimum atomic E-state index is -0.369. The molecule has 148 valence electrons. The monoisotopic (exact) mass is 391 g/mol. The number of para-hydroxylation sites is 1. The summed E-state index contributed by atoms with van der Waals surface area (Å²) in [6.45, 7) is 3.06. The lowest BCUT2D eigenvalue weighted by Gasteiger charge is -2.36. The summed E-state index contributed by atoms with van der Waals surface area (Å²) in [6.07, 6.45) is 3.36. The number of esters is 1. The Balaban J connectivity index is 1.47. The first-order valence-corrected chi connectivity index (χ1v) is 9.31. The molecule has 1 aliphatic heterocycles. The molecule has 1 aliphatic rings. The SMILES string of the molecule is COC(=O)c1ccnc(N2CCN(c3cnnc(-c4ccccc4O)c3)CC2)c1. The molecule has 8 nitrogen and oxygen atoms in total. The Bertz CT molecular complexity index is 1020. The highest BCUT2D eigenvalue weighted by molar-refractivity contribution is 5.90. The van der Waals surface area contributed by atoms with Crippen LogP contribution >= 0.6 is 0 Å². The first kappa shape index (κ1) is 18.7. The van der Waals surface area contributed by atoms with Crippen LogP contribution in [0.25, 0.3) is 11.3 Å². The minimum absolute atomic E-state index is 0.181. The van der Waals surface area contributed by atoms with Crippen molar-refractivity contribution in [3.63, 3.8) is 0 Å². The van der Waals surface area contributed by atoms with Crippen LogP contribution < -0.4 is 9.80 Å². The van der Waals surface area contributed by atoms with Crippen LogP contribution in [-0.4, -0.2) is 59.5 Å². The smallest absolute Gasteiger partial charge is 0.338 e. The molecule has 4 rings (SSSR count). The van der Waals surface area contributed by atoms with E-state index in [1.807, 2.05) is 18.2 Å². The fraction of sp³-hybridized carbons (Fsp3) is 0.238. The number of methoxy groups -OCH3 is 1. The molecule has 1 aromatic carbocycles.